The normalized spacial score (nSPS) is 9.89. The van der Waals surface area contributed by atoms with Crippen molar-refractivity contribution in [2.75, 3.05) is 5.32 Å². The molecule has 0 amide bonds. The van der Waals surface area contributed by atoms with Crippen molar-refractivity contribution < 1.29 is 8.78 Å². The largest absolute Gasteiger partial charge is 0.354 e. The van der Waals surface area contributed by atoms with Crippen LogP contribution in [0.2, 0.25) is 5.02 Å². The molecule has 0 unspecified atom stereocenters. The van der Waals surface area contributed by atoms with E-state index in [0.717, 1.165) is 6.07 Å². The van der Waals surface area contributed by atoms with Gasteiger partial charge in [0.05, 0.1) is 5.69 Å². The molecule has 1 N–H and O–H groups in total. The Hall–Kier alpha value is -2.12. The third-order valence-electron chi connectivity index (χ3n) is 2.27. The molecule has 0 aliphatic heterocycles. The smallest absolute Gasteiger partial charge is 0.143 e. The fourth-order valence-electron chi connectivity index (χ4n) is 1.52. The fourth-order valence-corrected chi connectivity index (χ4v) is 1.75. The number of hydrogen-bond donors (Lipinski definition) is 1. The number of hydrogen-bond acceptors (Lipinski definition) is 2. The van der Waals surface area contributed by atoms with E-state index in [1.54, 1.807) is 6.07 Å². The molecule has 0 saturated carbocycles. The third kappa shape index (κ3) is 2.58. The quantitative estimate of drug-likeness (QED) is 0.881. The molecular weight excluding hydrogens is 258 g/mol. The predicted molar refractivity (Wildman–Crippen MR) is 65.8 cm³/mol. The van der Waals surface area contributed by atoms with E-state index in [9.17, 15) is 8.78 Å². The molecule has 18 heavy (non-hydrogen) atoms. The van der Waals surface area contributed by atoms with Crippen LogP contribution >= 0.6 is 11.6 Å². The lowest BCUT2D eigenvalue weighted by atomic mass is 10.1. The first-order chi connectivity index (χ1) is 8.60. The zero-order valence-electron chi connectivity index (χ0n) is 9.05. The molecule has 0 aliphatic rings. The van der Waals surface area contributed by atoms with Crippen LogP contribution in [0.4, 0.5) is 20.2 Å². The fraction of sp³-hybridized carbons (Fsp3) is 0. The number of nitrogens with zero attached hydrogens (tertiary/aromatic N) is 1. The highest BCUT2D eigenvalue weighted by Crippen LogP contribution is 2.25. The van der Waals surface area contributed by atoms with Gasteiger partial charge in [-0.25, -0.2) is 8.78 Å². The minimum atomic E-state index is -0.634. The summed E-state index contributed by atoms with van der Waals surface area (Å²) < 4.78 is 26.5. The second-order valence-corrected chi connectivity index (χ2v) is 3.99. The van der Waals surface area contributed by atoms with Gasteiger partial charge in [0.25, 0.3) is 0 Å². The summed E-state index contributed by atoms with van der Waals surface area (Å²) in [4.78, 5) is 0. The molecule has 0 atom stereocenters. The molecule has 0 radical (unpaired) electrons. The highest BCUT2D eigenvalue weighted by molar-refractivity contribution is 6.30. The van der Waals surface area contributed by atoms with Gasteiger partial charge in [-0.05, 0) is 30.3 Å². The Labute approximate surface area is 107 Å². The van der Waals surface area contributed by atoms with Gasteiger partial charge in [-0.2, -0.15) is 5.26 Å². The lowest BCUT2D eigenvalue weighted by Crippen LogP contribution is -1.96. The summed E-state index contributed by atoms with van der Waals surface area (Å²) in [6, 6.07) is 9.76. The van der Waals surface area contributed by atoms with Crippen molar-refractivity contribution in [3.8, 4) is 6.07 Å². The lowest BCUT2D eigenvalue weighted by molar-refractivity contribution is 0.624. The average Bonchev–Trinajstić information content (AvgIpc) is 2.27. The summed E-state index contributed by atoms with van der Waals surface area (Å²) in [5, 5.41) is 11.8. The maximum atomic E-state index is 13.3. The molecule has 2 aromatic rings. The highest BCUT2D eigenvalue weighted by atomic mass is 35.5. The number of nitrogens with one attached hydrogen (secondary N) is 1. The van der Waals surface area contributed by atoms with Gasteiger partial charge < -0.3 is 5.32 Å². The topological polar surface area (TPSA) is 35.8 Å². The Kier molecular flexibility index (Phi) is 3.45. The van der Waals surface area contributed by atoms with Gasteiger partial charge >= 0.3 is 0 Å². The van der Waals surface area contributed by atoms with Crippen molar-refractivity contribution in [1.82, 2.24) is 0 Å². The summed E-state index contributed by atoms with van der Waals surface area (Å²) in [5.41, 5.74) is 0.485. The lowest BCUT2D eigenvalue weighted by Gasteiger charge is -2.09. The van der Waals surface area contributed by atoms with Crippen molar-refractivity contribution in [3.05, 3.63) is 58.6 Å². The second-order valence-electron chi connectivity index (χ2n) is 3.56. The van der Waals surface area contributed by atoms with Gasteiger partial charge in [0.1, 0.15) is 23.3 Å². The summed E-state index contributed by atoms with van der Waals surface area (Å²) in [7, 11) is 0. The Bertz CT molecular complexity index is 615. The van der Waals surface area contributed by atoms with Gasteiger partial charge in [0.2, 0.25) is 0 Å². The van der Waals surface area contributed by atoms with Crippen LogP contribution in [0.15, 0.2) is 36.4 Å². The van der Waals surface area contributed by atoms with Crippen molar-refractivity contribution in [3.63, 3.8) is 0 Å². The molecule has 2 nitrogen and oxygen atoms in total. The van der Waals surface area contributed by atoms with Crippen molar-refractivity contribution in [2.45, 2.75) is 0 Å². The molecule has 0 bridgehead atoms. The van der Waals surface area contributed by atoms with E-state index in [0.29, 0.717) is 5.69 Å². The summed E-state index contributed by atoms with van der Waals surface area (Å²) in [5.74, 6) is -1.15. The van der Waals surface area contributed by atoms with Crippen molar-refractivity contribution >= 4 is 23.0 Å². The molecule has 2 aromatic carbocycles. The molecule has 0 spiro atoms. The molecule has 90 valence electrons. The van der Waals surface area contributed by atoms with Gasteiger partial charge in [-0.1, -0.05) is 17.7 Å². The minimum absolute atomic E-state index is 0.127. The third-order valence-corrected chi connectivity index (χ3v) is 2.49. The van der Waals surface area contributed by atoms with Gasteiger partial charge in [-0.3, -0.25) is 0 Å². The number of nitriles is 1. The van der Waals surface area contributed by atoms with Gasteiger partial charge in [0.15, 0.2) is 0 Å². The Morgan fingerprint density at radius 1 is 1.17 bits per heavy atom. The van der Waals surface area contributed by atoms with Gasteiger partial charge in [-0.15, -0.1) is 0 Å². The molecular formula is C13H7ClF2N2. The minimum Gasteiger partial charge on any atom is -0.354 e. The SMILES string of the molecule is N#Cc1c(F)cccc1Nc1cc(F)cc(Cl)c1. The molecule has 5 heteroatoms. The number of rotatable bonds is 2. The van der Waals surface area contributed by atoms with E-state index in [2.05, 4.69) is 5.32 Å². The first-order valence-electron chi connectivity index (χ1n) is 5.02. The van der Waals surface area contributed by atoms with Crippen LogP contribution in [0.1, 0.15) is 5.56 Å². The number of anilines is 2. The van der Waals surface area contributed by atoms with E-state index in [1.165, 1.54) is 30.3 Å². The molecule has 0 aliphatic carbocycles. The van der Waals surface area contributed by atoms with Crippen LogP contribution < -0.4 is 5.32 Å². The second kappa shape index (κ2) is 5.03. The zero-order chi connectivity index (χ0) is 13.1. The Balaban J connectivity index is 2.40. The van der Waals surface area contributed by atoms with E-state index in [1.807, 2.05) is 0 Å². The monoisotopic (exact) mass is 264 g/mol. The van der Waals surface area contributed by atoms with Crippen molar-refractivity contribution in [2.24, 2.45) is 0 Å². The maximum Gasteiger partial charge on any atom is 0.143 e. The van der Waals surface area contributed by atoms with Crippen LogP contribution in [-0.4, -0.2) is 0 Å². The molecule has 2 rings (SSSR count). The van der Waals surface area contributed by atoms with Crippen LogP contribution in [0, 0.1) is 23.0 Å². The van der Waals surface area contributed by atoms with Crippen molar-refractivity contribution in [1.29, 1.82) is 5.26 Å². The highest BCUT2D eigenvalue weighted by Gasteiger charge is 2.08. The van der Waals surface area contributed by atoms with E-state index in [4.69, 9.17) is 16.9 Å². The summed E-state index contributed by atoms with van der Waals surface area (Å²) >= 11 is 5.70. The van der Waals surface area contributed by atoms with E-state index >= 15 is 0 Å². The molecule has 0 aromatic heterocycles. The van der Waals surface area contributed by atoms with Crippen LogP contribution in [0.5, 0.6) is 0 Å². The van der Waals surface area contributed by atoms with Gasteiger partial charge in [0, 0.05) is 10.7 Å². The molecule has 0 saturated heterocycles. The zero-order valence-corrected chi connectivity index (χ0v) is 9.80. The number of benzene rings is 2. The first kappa shape index (κ1) is 12.3. The standard InChI is InChI=1S/C13H7ClF2N2/c14-8-4-9(15)6-10(5-8)18-13-3-1-2-12(16)11(13)7-17/h1-6,18H. The molecule has 0 heterocycles. The molecule has 0 fully saturated rings. The van der Waals surface area contributed by atoms with Crippen LogP contribution in [0.25, 0.3) is 0 Å². The predicted octanol–water partition coefficient (Wildman–Crippen LogP) is 4.23. The first-order valence-corrected chi connectivity index (χ1v) is 5.39. The summed E-state index contributed by atoms with van der Waals surface area (Å²) in [6.07, 6.45) is 0. The average molecular weight is 265 g/mol. The number of halogens is 3. The Morgan fingerprint density at radius 3 is 2.61 bits per heavy atom. The maximum absolute atomic E-state index is 13.3. The van der Waals surface area contributed by atoms with Crippen LogP contribution in [-0.2, 0) is 0 Å². The van der Waals surface area contributed by atoms with Crippen LogP contribution in [0.3, 0.4) is 0 Å². The van der Waals surface area contributed by atoms with E-state index < -0.39 is 11.6 Å². The summed E-state index contributed by atoms with van der Waals surface area (Å²) in [6.45, 7) is 0. The Morgan fingerprint density at radius 2 is 1.94 bits per heavy atom. The van der Waals surface area contributed by atoms with E-state index in [-0.39, 0.29) is 16.3 Å².